The first-order chi connectivity index (χ1) is 13.4. The molecule has 4 aromatic rings. The number of nitrogens with zero attached hydrogens (tertiary/aromatic N) is 2. The summed E-state index contributed by atoms with van der Waals surface area (Å²) in [5, 5.41) is 14.0. The average molecular weight is 377 g/mol. The predicted octanol–water partition coefficient (Wildman–Crippen LogP) is 5.52. The number of fused-ring (bicyclic) bond motifs is 1. The topological polar surface area (TPSA) is 71.2 Å². The molecule has 0 saturated heterocycles. The van der Waals surface area contributed by atoms with E-state index in [1.54, 1.807) is 12.3 Å². The van der Waals surface area contributed by atoms with Crippen LogP contribution in [0.15, 0.2) is 53.1 Å². The molecule has 0 amide bonds. The zero-order valence-electron chi connectivity index (χ0n) is 15.8. The summed E-state index contributed by atoms with van der Waals surface area (Å²) in [5.41, 5.74) is 4.44. The van der Waals surface area contributed by atoms with Crippen molar-refractivity contribution in [2.45, 2.75) is 26.8 Å². The van der Waals surface area contributed by atoms with E-state index in [0.29, 0.717) is 11.6 Å². The minimum absolute atomic E-state index is 0.174. The molecule has 6 heteroatoms. The molecule has 2 aromatic carbocycles. The summed E-state index contributed by atoms with van der Waals surface area (Å²) in [6.07, 6.45) is 1.74. The summed E-state index contributed by atoms with van der Waals surface area (Å²) in [7, 11) is 0. The number of anilines is 1. The van der Waals surface area contributed by atoms with E-state index in [-0.39, 0.29) is 11.8 Å². The van der Waals surface area contributed by atoms with Gasteiger partial charge < -0.3 is 14.8 Å². The molecule has 28 heavy (non-hydrogen) atoms. The number of rotatable bonds is 4. The van der Waals surface area contributed by atoms with Gasteiger partial charge in [-0.3, -0.25) is 0 Å². The number of halogens is 1. The summed E-state index contributed by atoms with van der Waals surface area (Å²) in [5.74, 6) is 0.288. The van der Waals surface area contributed by atoms with Crippen molar-refractivity contribution in [1.82, 2.24) is 9.97 Å². The Morgan fingerprint density at radius 3 is 2.68 bits per heavy atom. The van der Waals surface area contributed by atoms with Crippen LogP contribution in [0.25, 0.3) is 22.2 Å². The number of phenolic OH excluding ortho intramolecular Hbond substituents is 1. The highest BCUT2D eigenvalue weighted by atomic mass is 19.1. The molecule has 0 aliphatic heterocycles. The molecule has 5 nitrogen and oxygen atoms in total. The molecule has 1 atom stereocenters. The third-order valence-electron chi connectivity index (χ3n) is 4.74. The SMILES string of the molecule is Cc1nc(NC(C)c2ccc(F)c(O)c2)cc(-c2ccc3occ(C)c3c2)n1. The Morgan fingerprint density at radius 2 is 1.89 bits per heavy atom. The van der Waals surface area contributed by atoms with E-state index in [4.69, 9.17) is 4.42 Å². The van der Waals surface area contributed by atoms with E-state index in [1.807, 2.05) is 39.0 Å². The second-order valence-electron chi connectivity index (χ2n) is 6.89. The summed E-state index contributed by atoms with van der Waals surface area (Å²) < 4.78 is 18.8. The number of aromatic hydroxyl groups is 1. The molecule has 0 spiro atoms. The minimum atomic E-state index is -0.638. The molecule has 2 aromatic heterocycles. The van der Waals surface area contributed by atoms with Gasteiger partial charge in [-0.2, -0.15) is 0 Å². The maximum absolute atomic E-state index is 13.3. The van der Waals surface area contributed by atoms with Crippen molar-refractivity contribution in [3.05, 3.63) is 71.5 Å². The molecule has 0 aliphatic rings. The van der Waals surface area contributed by atoms with Crippen molar-refractivity contribution in [3.63, 3.8) is 0 Å². The molecule has 0 radical (unpaired) electrons. The van der Waals surface area contributed by atoms with E-state index in [2.05, 4.69) is 21.4 Å². The van der Waals surface area contributed by atoms with Crippen LogP contribution in [0.3, 0.4) is 0 Å². The molecule has 0 bridgehead atoms. The zero-order chi connectivity index (χ0) is 19.8. The molecule has 2 N–H and O–H groups in total. The van der Waals surface area contributed by atoms with E-state index in [9.17, 15) is 9.50 Å². The Balaban J connectivity index is 1.66. The largest absolute Gasteiger partial charge is 0.505 e. The lowest BCUT2D eigenvalue weighted by molar-refractivity contribution is 0.431. The average Bonchev–Trinajstić information content (AvgIpc) is 3.04. The molecule has 0 saturated carbocycles. The smallest absolute Gasteiger partial charge is 0.164 e. The van der Waals surface area contributed by atoms with Crippen LogP contribution in [0.5, 0.6) is 5.75 Å². The Bertz CT molecular complexity index is 1170. The maximum Gasteiger partial charge on any atom is 0.164 e. The molecule has 4 rings (SSSR count). The summed E-state index contributed by atoms with van der Waals surface area (Å²) in [6.45, 7) is 5.77. The van der Waals surface area contributed by atoms with Gasteiger partial charge in [0.2, 0.25) is 0 Å². The summed E-state index contributed by atoms with van der Waals surface area (Å²) >= 11 is 0. The molecule has 0 fully saturated rings. The first-order valence-corrected chi connectivity index (χ1v) is 8.99. The van der Waals surface area contributed by atoms with Crippen LogP contribution in [0.4, 0.5) is 10.2 Å². The van der Waals surface area contributed by atoms with Gasteiger partial charge in [0.25, 0.3) is 0 Å². The number of nitrogens with one attached hydrogen (secondary N) is 1. The second kappa shape index (κ2) is 6.96. The van der Waals surface area contributed by atoms with Gasteiger partial charge in [0.15, 0.2) is 11.6 Å². The fourth-order valence-electron chi connectivity index (χ4n) is 3.21. The van der Waals surface area contributed by atoms with E-state index < -0.39 is 5.82 Å². The Morgan fingerprint density at radius 1 is 1.07 bits per heavy atom. The number of aryl methyl sites for hydroxylation is 2. The van der Waals surface area contributed by atoms with E-state index in [0.717, 1.165) is 33.4 Å². The standard InChI is InChI=1S/C22H20FN3O2/c1-12-11-28-21-7-5-16(8-17(12)21)19-10-22(26-14(3)25-19)24-13(2)15-4-6-18(23)20(27)9-15/h4-11,13,27H,1-3H3,(H,24,25,26). The van der Waals surface area contributed by atoms with Crippen molar-refractivity contribution >= 4 is 16.8 Å². The number of phenols is 1. The van der Waals surface area contributed by atoms with Crippen LogP contribution in [0.2, 0.25) is 0 Å². The second-order valence-corrected chi connectivity index (χ2v) is 6.89. The highest BCUT2D eigenvalue weighted by Crippen LogP contribution is 2.29. The number of benzene rings is 2. The highest BCUT2D eigenvalue weighted by Gasteiger charge is 2.12. The normalized spacial score (nSPS) is 12.3. The fraction of sp³-hybridized carbons (Fsp3) is 0.182. The Kier molecular flexibility index (Phi) is 4.47. The first-order valence-electron chi connectivity index (χ1n) is 8.99. The van der Waals surface area contributed by atoms with Gasteiger partial charge in [-0.05, 0) is 62.2 Å². The van der Waals surface area contributed by atoms with Gasteiger partial charge in [0.05, 0.1) is 18.0 Å². The minimum Gasteiger partial charge on any atom is -0.505 e. The van der Waals surface area contributed by atoms with Crippen molar-refractivity contribution in [2.75, 3.05) is 5.32 Å². The predicted molar refractivity (Wildman–Crippen MR) is 107 cm³/mol. The van der Waals surface area contributed by atoms with Crippen LogP contribution < -0.4 is 5.32 Å². The van der Waals surface area contributed by atoms with Crippen LogP contribution in [0.1, 0.15) is 29.9 Å². The molecule has 0 aliphatic carbocycles. The third kappa shape index (κ3) is 3.41. The summed E-state index contributed by atoms with van der Waals surface area (Å²) in [6, 6.07) is 12.0. The Labute approximate surface area is 161 Å². The van der Waals surface area contributed by atoms with E-state index in [1.165, 1.54) is 12.1 Å². The van der Waals surface area contributed by atoms with Crippen LogP contribution in [-0.2, 0) is 0 Å². The maximum atomic E-state index is 13.3. The Hall–Kier alpha value is -3.41. The van der Waals surface area contributed by atoms with Crippen molar-refractivity contribution in [1.29, 1.82) is 0 Å². The van der Waals surface area contributed by atoms with Gasteiger partial charge in [0.1, 0.15) is 17.2 Å². The number of hydrogen-bond donors (Lipinski definition) is 2. The zero-order valence-corrected chi connectivity index (χ0v) is 15.8. The van der Waals surface area contributed by atoms with Gasteiger partial charge in [-0.25, -0.2) is 14.4 Å². The van der Waals surface area contributed by atoms with Crippen LogP contribution in [0, 0.1) is 19.7 Å². The van der Waals surface area contributed by atoms with Crippen molar-refractivity contribution in [3.8, 4) is 17.0 Å². The summed E-state index contributed by atoms with van der Waals surface area (Å²) in [4.78, 5) is 9.02. The molecule has 142 valence electrons. The van der Waals surface area contributed by atoms with E-state index >= 15 is 0 Å². The molecular formula is C22H20FN3O2. The molecule has 1 unspecified atom stereocenters. The van der Waals surface area contributed by atoms with Crippen molar-refractivity contribution < 1.29 is 13.9 Å². The van der Waals surface area contributed by atoms with Gasteiger partial charge in [-0.15, -0.1) is 0 Å². The fourth-order valence-corrected chi connectivity index (χ4v) is 3.21. The number of aromatic nitrogens is 2. The van der Waals surface area contributed by atoms with Gasteiger partial charge >= 0.3 is 0 Å². The van der Waals surface area contributed by atoms with Gasteiger partial charge in [-0.1, -0.05) is 6.07 Å². The molecule has 2 heterocycles. The molecular weight excluding hydrogens is 357 g/mol. The monoisotopic (exact) mass is 377 g/mol. The first kappa shape index (κ1) is 18.0. The van der Waals surface area contributed by atoms with Crippen LogP contribution in [-0.4, -0.2) is 15.1 Å². The lowest BCUT2D eigenvalue weighted by atomic mass is 10.1. The number of furan rings is 1. The quantitative estimate of drug-likeness (QED) is 0.490. The van der Waals surface area contributed by atoms with Crippen molar-refractivity contribution in [2.24, 2.45) is 0 Å². The van der Waals surface area contributed by atoms with Gasteiger partial charge in [0, 0.05) is 17.0 Å². The lowest BCUT2D eigenvalue weighted by Gasteiger charge is -2.16. The third-order valence-corrected chi connectivity index (χ3v) is 4.74. The number of hydrogen-bond acceptors (Lipinski definition) is 5. The highest BCUT2D eigenvalue weighted by molar-refractivity contribution is 5.85. The van der Waals surface area contributed by atoms with Crippen LogP contribution >= 0.6 is 0 Å². The lowest BCUT2D eigenvalue weighted by Crippen LogP contribution is -2.09.